The molecule has 0 aliphatic heterocycles. The Morgan fingerprint density at radius 1 is 0.641 bits per heavy atom. The Kier molecular flexibility index (Phi) is 4.14. The molecular formula is C33H18N4OS. The van der Waals surface area contributed by atoms with Gasteiger partial charge >= 0.3 is 0 Å². The molecule has 0 fully saturated rings. The standard InChI is InChI=1S/C33H18N4OS/c1-2-7-29-20(4-1)21-5-3-6-22(32(21)38-29)23-10-15-36-31-24-16-19(8-9-30(24)39-33(23)31)37-27-11-13-34-17-25(27)26-18-35-14-12-28(26)37/h1-18H. The normalized spacial score (nSPS) is 12.1. The quantitative estimate of drug-likeness (QED) is 0.229. The van der Waals surface area contributed by atoms with Gasteiger partial charge in [-0.05, 0) is 42.5 Å². The fraction of sp³-hybridized carbons (Fsp3) is 0. The minimum Gasteiger partial charge on any atom is -0.455 e. The summed E-state index contributed by atoms with van der Waals surface area (Å²) >= 11 is 1.78. The molecule has 0 aliphatic carbocycles. The second-order valence-electron chi connectivity index (χ2n) is 9.72. The third kappa shape index (κ3) is 2.86. The molecule has 0 amide bonds. The number of fused-ring (bicyclic) bond motifs is 9. The molecule has 9 aromatic rings. The zero-order valence-corrected chi connectivity index (χ0v) is 21.3. The monoisotopic (exact) mass is 518 g/mol. The molecule has 0 N–H and O–H groups in total. The molecule has 6 aromatic heterocycles. The van der Waals surface area contributed by atoms with Crippen molar-refractivity contribution in [1.82, 2.24) is 19.5 Å². The average molecular weight is 519 g/mol. The second kappa shape index (κ2) is 7.72. The molecule has 5 nitrogen and oxygen atoms in total. The van der Waals surface area contributed by atoms with Crippen LogP contribution < -0.4 is 0 Å². The van der Waals surface area contributed by atoms with Gasteiger partial charge in [-0.3, -0.25) is 15.0 Å². The van der Waals surface area contributed by atoms with E-state index in [-0.39, 0.29) is 0 Å². The summed E-state index contributed by atoms with van der Waals surface area (Å²) in [5.41, 5.74) is 8.36. The molecule has 6 heterocycles. The van der Waals surface area contributed by atoms with E-state index in [1.807, 2.05) is 43.1 Å². The van der Waals surface area contributed by atoms with Gasteiger partial charge in [0.05, 0.1) is 21.3 Å². The molecule has 6 heteroatoms. The number of rotatable bonds is 2. The average Bonchev–Trinajstić information content (AvgIpc) is 3.66. The third-order valence-corrected chi connectivity index (χ3v) is 8.85. The summed E-state index contributed by atoms with van der Waals surface area (Å²) in [4.78, 5) is 13.6. The zero-order valence-electron chi connectivity index (χ0n) is 20.5. The van der Waals surface area contributed by atoms with Crippen molar-refractivity contribution >= 4 is 75.4 Å². The summed E-state index contributed by atoms with van der Waals surface area (Å²) in [6, 6.07) is 27.5. The lowest BCUT2D eigenvalue weighted by Crippen LogP contribution is -1.93. The molecule has 0 saturated heterocycles. The number of hydrogen-bond donors (Lipinski definition) is 0. The number of thiophene rings is 1. The van der Waals surface area contributed by atoms with Gasteiger partial charge in [0.15, 0.2) is 0 Å². The van der Waals surface area contributed by atoms with E-state index in [1.165, 1.54) is 4.70 Å². The van der Waals surface area contributed by atoms with Crippen molar-refractivity contribution in [3.8, 4) is 16.8 Å². The van der Waals surface area contributed by atoms with Gasteiger partial charge < -0.3 is 8.98 Å². The Hall–Kier alpha value is -5.07. The summed E-state index contributed by atoms with van der Waals surface area (Å²) in [6.07, 6.45) is 9.43. The fourth-order valence-corrected chi connectivity index (χ4v) is 7.11. The lowest BCUT2D eigenvalue weighted by atomic mass is 10.0. The third-order valence-electron chi connectivity index (χ3n) is 7.66. The number of nitrogens with zero attached hydrogens (tertiary/aromatic N) is 4. The molecule has 182 valence electrons. The van der Waals surface area contributed by atoms with Crippen molar-refractivity contribution in [3.05, 3.63) is 110 Å². The first-order chi connectivity index (χ1) is 19.3. The lowest BCUT2D eigenvalue weighted by Gasteiger charge is -2.08. The highest BCUT2D eigenvalue weighted by atomic mass is 32.1. The zero-order chi connectivity index (χ0) is 25.5. The Bertz CT molecular complexity index is 2360. The largest absolute Gasteiger partial charge is 0.455 e. The van der Waals surface area contributed by atoms with Crippen LogP contribution in [0.2, 0.25) is 0 Å². The van der Waals surface area contributed by atoms with Gasteiger partial charge in [-0.1, -0.05) is 36.4 Å². The number of para-hydroxylation sites is 2. The summed E-state index contributed by atoms with van der Waals surface area (Å²) in [6.45, 7) is 0. The van der Waals surface area contributed by atoms with Crippen LogP contribution in [0, 0.1) is 0 Å². The van der Waals surface area contributed by atoms with Crippen LogP contribution in [0.4, 0.5) is 0 Å². The van der Waals surface area contributed by atoms with Gasteiger partial charge in [0.2, 0.25) is 0 Å². The molecule has 0 bridgehead atoms. The Morgan fingerprint density at radius 3 is 2.28 bits per heavy atom. The summed E-state index contributed by atoms with van der Waals surface area (Å²) in [5.74, 6) is 0. The Morgan fingerprint density at radius 2 is 1.44 bits per heavy atom. The molecule has 0 spiro atoms. The fourth-order valence-electron chi connectivity index (χ4n) is 5.94. The highest BCUT2D eigenvalue weighted by Gasteiger charge is 2.18. The number of furan rings is 1. The van der Waals surface area contributed by atoms with Gasteiger partial charge in [-0.25, -0.2) is 0 Å². The minimum absolute atomic E-state index is 0.905. The second-order valence-corrected chi connectivity index (χ2v) is 10.8. The van der Waals surface area contributed by atoms with Crippen LogP contribution in [0.3, 0.4) is 0 Å². The van der Waals surface area contributed by atoms with Crippen LogP contribution in [0.25, 0.3) is 80.9 Å². The lowest BCUT2D eigenvalue weighted by molar-refractivity contribution is 0.670. The summed E-state index contributed by atoms with van der Waals surface area (Å²) in [5, 5.41) is 5.60. The van der Waals surface area contributed by atoms with E-state index < -0.39 is 0 Å². The van der Waals surface area contributed by atoms with E-state index >= 15 is 0 Å². The van der Waals surface area contributed by atoms with Crippen molar-refractivity contribution in [3.63, 3.8) is 0 Å². The van der Waals surface area contributed by atoms with Crippen molar-refractivity contribution in [1.29, 1.82) is 0 Å². The van der Waals surface area contributed by atoms with E-state index in [4.69, 9.17) is 9.40 Å². The van der Waals surface area contributed by atoms with E-state index in [9.17, 15) is 0 Å². The van der Waals surface area contributed by atoms with Crippen molar-refractivity contribution in [2.24, 2.45) is 0 Å². The number of aromatic nitrogens is 4. The Labute approximate surface area is 225 Å². The smallest absolute Gasteiger partial charge is 0.143 e. The van der Waals surface area contributed by atoms with Crippen LogP contribution in [-0.2, 0) is 0 Å². The van der Waals surface area contributed by atoms with Crippen molar-refractivity contribution in [2.45, 2.75) is 0 Å². The highest BCUT2D eigenvalue weighted by molar-refractivity contribution is 7.26. The molecule has 3 aromatic carbocycles. The van der Waals surface area contributed by atoms with E-state index in [0.29, 0.717) is 0 Å². The van der Waals surface area contributed by atoms with Crippen molar-refractivity contribution < 1.29 is 4.42 Å². The van der Waals surface area contributed by atoms with Gasteiger partial charge in [-0.2, -0.15) is 0 Å². The molecule has 9 rings (SSSR count). The van der Waals surface area contributed by atoms with Gasteiger partial charge in [0.1, 0.15) is 11.2 Å². The molecule has 0 unspecified atom stereocenters. The number of benzene rings is 3. The van der Waals surface area contributed by atoms with Gasteiger partial charge in [0, 0.05) is 79.4 Å². The Balaban J connectivity index is 1.31. The predicted molar refractivity (Wildman–Crippen MR) is 160 cm³/mol. The van der Waals surface area contributed by atoms with Gasteiger partial charge in [-0.15, -0.1) is 11.3 Å². The van der Waals surface area contributed by atoms with Crippen LogP contribution in [-0.4, -0.2) is 19.5 Å². The van der Waals surface area contributed by atoms with Crippen LogP contribution in [0.5, 0.6) is 0 Å². The first-order valence-corrected chi connectivity index (χ1v) is 13.6. The maximum atomic E-state index is 6.38. The number of hydrogen-bond acceptors (Lipinski definition) is 5. The molecule has 0 radical (unpaired) electrons. The van der Waals surface area contributed by atoms with E-state index in [2.05, 4.69) is 81.3 Å². The van der Waals surface area contributed by atoms with E-state index in [0.717, 1.165) is 76.2 Å². The first-order valence-electron chi connectivity index (χ1n) is 12.8. The van der Waals surface area contributed by atoms with Crippen molar-refractivity contribution in [2.75, 3.05) is 0 Å². The van der Waals surface area contributed by atoms with Gasteiger partial charge in [0.25, 0.3) is 0 Å². The highest BCUT2D eigenvalue weighted by Crippen LogP contribution is 2.43. The maximum Gasteiger partial charge on any atom is 0.143 e. The first kappa shape index (κ1) is 20.9. The SMILES string of the molecule is c1ccc2c(c1)oc1c(-c3ccnc4c3sc3ccc(-n5c6ccncc6c6cnccc65)cc34)cccc12. The van der Waals surface area contributed by atoms with Crippen LogP contribution in [0.1, 0.15) is 0 Å². The summed E-state index contributed by atoms with van der Waals surface area (Å²) < 4.78 is 11.0. The minimum atomic E-state index is 0.905. The summed E-state index contributed by atoms with van der Waals surface area (Å²) in [7, 11) is 0. The predicted octanol–water partition coefficient (Wildman–Crippen LogP) is 8.90. The maximum absolute atomic E-state index is 6.38. The van der Waals surface area contributed by atoms with E-state index in [1.54, 1.807) is 11.3 Å². The number of pyridine rings is 3. The topological polar surface area (TPSA) is 56.7 Å². The van der Waals surface area contributed by atoms with Crippen LogP contribution >= 0.6 is 11.3 Å². The molecule has 0 atom stereocenters. The molecule has 0 saturated carbocycles. The molecule has 39 heavy (non-hydrogen) atoms. The molecular weight excluding hydrogens is 500 g/mol. The molecule has 0 aliphatic rings. The van der Waals surface area contributed by atoms with Crippen LogP contribution in [0.15, 0.2) is 114 Å².